The monoisotopic (exact) mass is 463 g/mol. The average molecular weight is 464 g/mol. The van der Waals surface area contributed by atoms with Crippen LogP contribution in [0, 0.1) is 5.82 Å². The molecule has 2 fully saturated rings. The maximum absolute atomic E-state index is 13.6. The highest BCUT2D eigenvalue weighted by Gasteiger charge is 2.28. The quantitative estimate of drug-likeness (QED) is 0.612. The van der Waals surface area contributed by atoms with E-state index in [1.165, 1.54) is 61.2 Å². The van der Waals surface area contributed by atoms with Gasteiger partial charge in [0.15, 0.2) is 0 Å². The smallest absolute Gasteiger partial charge is 0.338 e. The number of pyridine rings is 1. The van der Waals surface area contributed by atoms with Crippen LogP contribution < -0.4 is 5.56 Å². The predicted octanol–water partition coefficient (Wildman–Crippen LogP) is 4.28. The van der Waals surface area contributed by atoms with Crippen LogP contribution in [0.5, 0.6) is 0 Å². The van der Waals surface area contributed by atoms with Crippen LogP contribution in [0.15, 0.2) is 53.3 Å². The maximum Gasteiger partial charge on any atom is 0.338 e. The highest BCUT2D eigenvalue weighted by Crippen LogP contribution is 2.27. The van der Waals surface area contributed by atoms with Crippen LogP contribution in [0.2, 0.25) is 0 Å². The first-order valence-electron chi connectivity index (χ1n) is 12.1. The summed E-state index contributed by atoms with van der Waals surface area (Å²) in [5, 5.41) is 11.0. The number of halogens is 1. The molecule has 6 nitrogen and oxygen atoms in total. The van der Waals surface area contributed by atoms with Gasteiger partial charge in [-0.2, -0.15) is 0 Å². The summed E-state index contributed by atoms with van der Waals surface area (Å²) in [4.78, 5) is 30.9. The molecule has 178 valence electrons. The Morgan fingerprint density at radius 3 is 2.21 bits per heavy atom. The fraction of sp³-hybridized carbons (Fsp3) is 0.407. The Bertz CT molecular complexity index is 1240. The normalized spacial score (nSPS) is 18.4. The molecule has 0 radical (unpaired) electrons. The second-order valence-electron chi connectivity index (χ2n) is 9.39. The van der Waals surface area contributed by atoms with E-state index in [-0.39, 0.29) is 11.1 Å². The molecule has 2 saturated heterocycles. The van der Waals surface area contributed by atoms with Crippen molar-refractivity contribution >= 4 is 16.7 Å². The zero-order valence-electron chi connectivity index (χ0n) is 19.3. The number of hydrogen-bond donors (Lipinski definition) is 1. The number of aromatic nitrogens is 1. The number of carboxylic acid groups (broad SMARTS) is 1. The Morgan fingerprint density at radius 2 is 1.56 bits per heavy atom. The number of carboxylic acids is 1. The summed E-state index contributed by atoms with van der Waals surface area (Å²) in [6.07, 6.45) is 5.93. The third-order valence-electron chi connectivity index (χ3n) is 7.32. The van der Waals surface area contributed by atoms with E-state index >= 15 is 0 Å². The van der Waals surface area contributed by atoms with Gasteiger partial charge >= 0.3 is 5.97 Å². The highest BCUT2D eigenvalue weighted by atomic mass is 19.1. The molecule has 7 heteroatoms. The first kappa shape index (κ1) is 22.7. The zero-order valence-corrected chi connectivity index (χ0v) is 19.3. The molecule has 0 saturated carbocycles. The molecular formula is C27H30FN3O3. The van der Waals surface area contributed by atoms with Gasteiger partial charge in [0.05, 0.1) is 11.3 Å². The molecule has 5 rings (SSSR count). The van der Waals surface area contributed by atoms with E-state index in [0.29, 0.717) is 34.7 Å². The van der Waals surface area contributed by atoms with Gasteiger partial charge in [-0.3, -0.25) is 14.3 Å². The second-order valence-corrected chi connectivity index (χ2v) is 9.39. The van der Waals surface area contributed by atoms with E-state index in [9.17, 15) is 19.1 Å². The van der Waals surface area contributed by atoms with E-state index in [1.807, 2.05) is 0 Å². The van der Waals surface area contributed by atoms with E-state index in [4.69, 9.17) is 0 Å². The van der Waals surface area contributed by atoms with Gasteiger partial charge in [-0.1, -0.05) is 24.6 Å². The van der Waals surface area contributed by atoms with Gasteiger partial charge in [-0.25, -0.2) is 9.18 Å². The molecule has 1 N–H and O–H groups in total. The molecule has 1 aromatic heterocycles. The number of hydrogen-bond acceptors (Lipinski definition) is 4. The minimum absolute atomic E-state index is 0.137. The highest BCUT2D eigenvalue weighted by molar-refractivity contribution is 6.04. The topological polar surface area (TPSA) is 65.8 Å². The second kappa shape index (κ2) is 9.68. The van der Waals surface area contributed by atoms with Crippen LogP contribution in [0.25, 0.3) is 16.5 Å². The van der Waals surface area contributed by atoms with Gasteiger partial charge < -0.3 is 10.0 Å². The van der Waals surface area contributed by atoms with E-state index in [2.05, 4.69) is 9.80 Å². The molecule has 34 heavy (non-hydrogen) atoms. The van der Waals surface area contributed by atoms with Gasteiger partial charge in [0.25, 0.3) is 5.56 Å². The largest absolute Gasteiger partial charge is 0.478 e. The number of piperidine rings is 2. The summed E-state index contributed by atoms with van der Waals surface area (Å²) < 4.78 is 15.1. The van der Waals surface area contributed by atoms with E-state index < -0.39 is 11.8 Å². The van der Waals surface area contributed by atoms with Gasteiger partial charge in [0.2, 0.25) is 0 Å². The number of nitrogens with zero attached hydrogens (tertiary/aromatic N) is 3. The molecule has 2 aliphatic rings. The molecule has 0 spiro atoms. The minimum atomic E-state index is -1.06. The van der Waals surface area contributed by atoms with Crippen molar-refractivity contribution in [1.29, 1.82) is 0 Å². The average Bonchev–Trinajstić information content (AvgIpc) is 2.86. The fourth-order valence-corrected chi connectivity index (χ4v) is 5.59. The van der Waals surface area contributed by atoms with E-state index in [0.717, 1.165) is 25.9 Å². The first-order valence-corrected chi connectivity index (χ1v) is 12.1. The summed E-state index contributed by atoms with van der Waals surface area (Å²) in [5.41, 5.74) is 0.764. The van der Waals surface area contributed by atoms with Crippen LogP contribution in [0.3, 0.4) is 0 Å². The Balaban J connectivity index is 1.53. The lowest BCUT2D eigenvalue weighted by atomic mass is 9.98. The molecule has 0 bridgehead atoms. The minimum Gasteiger partial charge on any atom is -0.478 e. The van der Waals surface area contributed by atoms with Crippen molar-refractivity contribution in [3.05, 3.63) is 76.0 Å². The van der Waals surface area contributed by atoms with Crippen molar-refractivity contribution in [3.8, 4) is 5.69 Å². The summed E-state index contributed by atoms with van der Waals surface area (Å²) in [6.45, 7) is 4.40. The van der Waals surface area contributed by atoms with Gasteiger partial charge in [0.1, 0.15) is 5.82 Å². The van der Waals surface area contributed by atoms with Gasteiger partial charge in [-0.05, 0) is 69.1 Å². The van der Waals surface area contributed by atoms with Crippen LogP contribution in [-0.2, 0) is 6.54 Å². The van der Waals surface area contributed by atoms with E-state index in [1.54, 1.807) is 24.3 Å². The summed E-state index contributed by atoms with van der Waals surface area (Å²) >= 11 is 0. The lowest BCUT2D eigenvalue weighted by Gasteiger charge is -2.40. The Hall–Kier alpha value is -3.03. The summed E-state index contributed by atoms with van der Waals surface area (Å²) in [5.74, 6) is -1.47. The molecule has 0 atom stereocenters. The lowest BCUT2D eigenvalue weighted by molar-refractivity contribution is 0.0690. The third kappa shape index (κ3) is 4.38. The molecule has 0 unspecified atom stereocenters. The number of aromatic carboxylic acids is 1. The predicted molar refractivity (Wildman–Crippen MR) is 130 cm³/mol. The molecule has 3 aromatic rings. The maximum atomic E-state index is 13.6. The Labute approximate surface area is 198 Å². The van der Waals surface area contributed by atoms with Crippen molar-refractivity contribution in [2.75, 3.05) is 26.2 Å². The van der Waals surface area contributed by atoms with Crippen LogP contribution in [-0.4, -0.2) is 57.7 Å². The lowest BCUT2D eigenvalue weighted by Crippen LogP contribution is -2.46. The number of likely N-dealkylation sites (tertiary alicyclic amines) is 2. The number of rotatable bonds is 5. The van der Waals surface area contributed by atoms with Gasteiger partial charge in [-0.15, -0.1) is 0 Å². The number of carbonyl (C=O) groups is 1. The third-order valence-corrected chi connectivity index (χ3v) is 7.32. The molecule has 2 aliphatic heterocycles. The zero-order chi connectivity index (χ0) is 23.7. The van der Waals surface area contributed by atoms with Crippen molar-refractivity contribution in [3.63, 3.8) is 0 Å². The molecule has 0 aliphatic carbocycles. The van der Waals surface area contributed by atoms with Crippen molar-refractivity contribution < 1.29 is 14.3 Å². The van der Waals surface area contributed by atoms with Crippen LogP contribution >= 0.6 is 0 Å². The molecule has 0 amide bonds. The van der Waals surface area contributed by atoms with Gasteiger partial charge in [0, 0.05) is 42.1 Å². The summed E-state index contributed by atoms with van der Waals surface area (Å²) in [6, 6.07) is 13.1. The number of benzene rings is 2. The molecule has 2 aromatic carbocycles. The SMILES string of the molecule is O=C(O)c1c(CN2CCC(N3CCCCC3)CC2)n(-c2ccc(F)cc2)c(=O)c2ccccc12. The van der Waals surface area contributed by atoms with Crippen LogP contribution in [0.1, 0.15) is 48.2 Å². The van der Waals surface area contributed by atoms with Crippen molar-refractivity contribution in [1.82, 2.24) is 14.4 Å². The molecular weight excluding hydrogens is 433 g/mol. The van der Waals surface area contributed by atoms with Crippen molar-refractivity contribution in [2.24, 2.45) is 0 Å². The van der Waals surface area contributed by atoms with Crippen molar-refractivity contribution in [2.45, 2.75) is 44.7 Å². The van der Waals surface area contributed by atoms with Crippen LogP contribution in [0.4, 0.5) is 4.39 Å². The molecule has 3 heterocycles. The standard InChI is InChI=1S/C27H30FN3O3/c28-19-8-10-21(11-9-19)31-24(25(27(33)34)22-6-2-3-7-23(22)26(31)32)18-29-16-12-20(13-17-29)30-14-4-1-5-15-30/h2-3,6-11,20H,1,4-5,12-18H2,(H,33,34). The number of fused-ring (bicyclic) bond motifs is 1. The fourth-order valence-electron chi connectivity index (χ4n) is 5.59. The first-order chi connectivity index (χ1) is 16.5. The summed E-state index contributed by atoms with van der Waals surface area (Å²) in [7, 11) is 0. The Kier molecular flexibility index (Phi) is 6.48. The Morgan fingerprint density at radius 1 is 0.912 bits per heavy atom.